The summed E-state index contributed by atoms with van der Waals surface area (Å²) < 4.78 is 82.4. The zero-order chi connectivity index (χ0) is 56.5. The molecule has 21 nitrogen and oxygen atoms in total. The average molecular weight is 1160 g/mol. The second-order valence-corrected chi connectivity index (χ2v) is 25.8. The highest BCUT2D eigenvalue weighted by Crippen LogP contribution is 2.49. The summed E-state index contributed by atoms with van der Waals surface area (Å²) in [7, 11) is -6.31. The highest BCUT2D eigenvalue weighted by molar-refractivity contribution is 7.98. The molecular formula is C52H61N11O10S5. The van der Waals surface area contributed by atoms with Gasteiger partial charge in [-0.3, -0.25) is 18.7 Å². The number of Topliss-reactive ketones (excluding diaryl/α,β-unsaturated/α-hetero) is 2. The number of aromatic nitrogens is 3. The highest BCUT2D eigenvalue weighted by atomic mass is 32.2. The molecule has 0 spiro atoms. The number of thioether (sulfide) groups is 1. The van der Waals surface area contributed by atoms with E-state index in [1.165, 1.54) is 36.6 Å². The maximum atomic E-state index is 13.3. The zero-order valence-corrected chi connectivity index (χ0v) is 48.9. The van der Waals surface area contributed by atoms with Gasteiger partial charge in [-0.1, -0.05) is 51.6 Å². The van der Waals surface area contributed by atoms with Crippen LogP contribution in [0.2, 0.25) is 0 Å². The Balaban J connectivity index is 1.26. The predicted molar refractivity (Wildman–Crippen MR) is 305 cm³/mol. The Morgan fingerprint density at radius 3 is 1.73 bits per heavy atom. The van der Waals surface area contributed by atoms with Crippen molar-refractivity contribution in [3.05, 3.63) is 81.0 Å². The minimum atomic E-state index is -4.87. The average Bonchev–Trinajstić information content (AvgIpc) is 4.18. The van der Waals surface area contributed by atoms with Crippen molar-refractivity contribution in [3.8, 4) is 11.5 Å². The molecule has 0 unspecified atom stereocenters. The summed E-state index contributed by atoms with van der Waals surface area (Å²) in [5, 5.41) is 25.5. The lowest BCUT2D eigenvalue weighted by atomic mass is 9.76. The third-order valence-corrected chi connectivity index (χ3v) is 18.2. The van der Waals surface area contributed by atoms with Gasteiger partial charge in [0.25, 0.3) is 20.2 Å². The van der Waals surface area contributed by atoms with E-state index in [0.717, 1.165) is 40.8 Å². The molecule has 0 saturated heterocycles. The van der Waals surface area contributed by atoms with Gasteiger partial charge in [0.2, 0.25) is 11.9 Å². The van der Waals surface area contributed by atoms with Crippen LogP contribution in [0.1, 0.15) is 104 Å². The maximum absolute atomic E-state index is 13.3. The fraction of sp³-hybridized carbons (Fsp3) is 0.404. The molecule has 0 saturated carbocycles. The Kier molecular flexibility index (Phi) is 17.1. The Hall–Kier alpha value is -6.42. The molecule has 78 heavy (non-hydrogen) atoms. The van der Waals surface area contributed by atoms with Crippen molar-refractivity contribution in [2.75, 3.05) is 60.8 Å². The molecule has 0 atom stereocenters. The van der Waals surface area contributed by atoms with Crippen LogP contribution in [-0.4, -0.2) is 92.9 Å². The number of carbonyl (C=O) groups is 2. The van der Waals surface area contributed by atoms with Crippen LogP contribution < -0.4 is 29.9 Å². The van der Waals surface area contributed by atoms with Crippen LogP contribution in [-0.2, 0) is 38.8 Å². The smallest absolute Gasteiger partial charge is 0.297 e. The first-order chi connectivity index (χ1) is 36.9. The Bertz CT molecular complexity index is 3590. The fourth-order valence-corrected chi connectivity index (χ4v) is 14.0. The van der Waals surface area contributed by atoms with Crippen molar-refractivity contribution in [2.45, 2.75) is 102 Å². The molecular weight excluding hydrogens is 1100 g/mol. The number of thiophene rings is 2. The lowest BCUT2D eigenvalue weighted by Gasteiger charge is -2.28. The zero-order valence-electron chi connectivity index (χ0n) is 44.8. The van der Waals surface area contributed by atoms with Crippen molar-refractivity contribution in [1.82, 2.24) is 15.0 Å². The third kappa shape index (κ3) is 13.0. The normalized spacial score (nSPS) is 15.1. The molecule has 0 amide bonds. The van der Waals surface area contributed by atoms with Crippen LogP contribution in [0.4, 0.5) is 56.0 Å². The maximum Gasteiger partial charge on any atom is 0.297 e. The largest absolute Gasteiger partial charge is 0.494 e. The molecule has 4 N–H and O–H groups in total. The number of hydrogen-bond acceptors (Lipinski definition) is 22. The summed E-state index contributed by atoms with van der Waals surface area (Å²) in [6.45, 7) is 18.3. The van der Waals surface area contributed by atoms with Crippen molar-refractivity contribution >= 4 is 122 Å². The van der Waals surface area contributed by atoms with Gasteiger partial charge in [0.05, 0.1) is 51.6 Å². The van der Waals surface area contributed by atoms with E-state index in [0.29, 0.717) is 76.6 Å². The number of azo groups is 2. The van der Waals surface area contributed by atoms with Gasteiger partial charge < -0.3 is 29.9 Å². The van der Waals surface area contributed by atoms with Gasteiger partial charge in [0.15, 0.2) is 21.7 Å². The quantitative estimate of drug-likeness (QED) is 0.0296. The Morgan fingerprint density at radius 2 is 1.21 bits per heavy atom. The Morgan fingerprint density at radius 1 is 0.667 bits per heavy atom. The van der Waals surface area contributed by atoms with E-state index < -0.39 is 30.5 Å². The minimum absolute atomic E-state index is 0.00995. The number of carbonyl (C=O) groups excluding carboxylic acids is 2. The van der Waals surface area contributed by atoms with Crippen LogP contribution in [0, 0.1) is 10.8 Å². The van der Waals surface area contributed by atoms with Crippen LogP contribution >= 0.6 is 34.4 Å². The number of ether oxygens (including phenoxy) is 2. The van der Waals surface area contributed by atoms with Crippen molar-refractivity contribution < 1.29 is 45.0 Å². The standard InChI is InChI=1S/C52H61N11O10S5/c1-11-62(12-2)37-20-33(35(22-41(37)72-9)58-60-43-19-30-24-51(5,6)26-39(64)44(30)75-43)53-48-55-49(57-50(56-48)74-28-29-16-15-17-31(18-29)77(66,67)68)54-34-21-38(63(13-3)14-4)42(73-10)23-36(34)59-61-47-46(78(69,70)71)32-25-52(7,8)27-40(65)45(32)76-47/h15-23H,11-14,24-28H2,1-10H3,(H,66,67,68)(H,69,70,71)(H2,53,54,55,56,57). The van der Waals surface area contributed by atoms with Gasteiger partial charge in [0, 0.05) is 56.9 Å². The number of fused-ring (bicyclic) bond motifs is 2. The van der Waals surface area contributed by atoms with Gasteiger partial charge in [-0.2, -0.15) is 31.8 Å². The topological polar surface area (TPSA) is 280 Å². The molecule has 2 aliphatic carbocycles. The lowest BCUT2D eigenvalue weighted by molar-refractivity contribution is 0.0907. The molecule has 414 valence electrons. The molecule has 0 radical (unpaired) electrons. The molecule has 6 aromatic rings. The molecule has 3 heterocycles. The van der Waals surface area contributed by atoms with E-state index in [2.05, 4.69) is 44.7 Å². The molecule has 0 aliphatic heterocycles. The number of nitrogens with zero attached hydrogens (tertiary/aromatic N) is 9. The van der Waals surface area contributed by atoms with Gasteiger partial charge in [-0.15, -0.1) is 43.1 Å². The van der Waals surface area contributed by atoms with Gasteiger partial charge in [-0.05, 0) is 98.4 Å². The molecule has 0 fully saturated rings. The molecule has 0 bridgehead atoms. The number of ketones is 2. The summed E-state index contributed by atoms with van der Waals surface area (Å²) in [6.07, 6.45) is 1.56. The first-order valence-electron chi connectivity index (χ1n) is 24.9. The minimum Gasteiger partial charge on any atom is -0.494 e. The third-order valence-electron chi connectivity index (χ3n) is 13.1. The number of rotatable bonds is 21. The van der Waals surface area contributed by atoms with Crippen molar-refractivity contribution in [1.29, 1.82) is 0 Å². The van der Waals surface area contributed by atoms with E-state index in [4.69, 9.17) is 29.5 Å². The first kappa shape index (κ1) is 57.7. The summed E-state index contributed by atoms with van der Waals surface area (Å²) in [5.74, 6) is 0.908. The van der Waals surface area contributed by atoms with Crippen molar-refractivity contribution in [2.24, 2.45) is 31.3 Å². The van der Waals surface area contributed by atoms with Gasteiger partial charge in [-0.25, -0.2) is 0 Å². The Labute approximate surface area is 465 Å². The van der Waals surface area contributed by atoms with E-state index >= 15 is 0 Å². The number of nitrogens with one attached hydrogen (secondary N) is 2. The first-order valence-corrected chi connectivity index (χ1v) is 30.4. The van der Waals surface area contributed by atoms with E-state index in [9.17, 15) is 35.5 Å². The number of benzene rings is 3. The van der Waals surface area contributed by atoms with Gasteiger partial charge in [0.1, 0.15) is 32.8 Å². The molecule has 26 heteroatoms. The number of hydrogen-bond donors (Lipinski definition) is 4. The summed E-state index contributed by atoms with van der Waals surface area (Å²) in [4.78, 5) is 45.2. The highest BCUT2D eigenvalue weighted by Gasteiger charge is 2.39. The van der Waals surface area contributed by atoms with E-state index in [1.54, 1.807) is 31.4 Å². The fourth-order valence-electron chi connectivity index (χ4n) is 9.48. The SMILES string of the molecule is CCN(CC)c1cc(Nc2nc(Nc3cc(N(CC)CC)c(OC)cc3N=Nc3sc4c(c3S(=O)(=O)O)CC(C)(C)CC4=O)nc(SCc3cccc(S(=O)(=O)O)c3)n2)c(N=Nc2cc3c(s2)C(=O)CC(C)(C)C3)cc1OC. The monoisotopic (exact) mass is 1160 g/mol. The number of methoxy groups -OCH3 is 2. The van der Waals surface area contributed by atoms with Gasteiger partial charge >= 0.3 is 0 Å². The molecule has 8 rings (SSSR count). The molecule has 2 aliphatic rings. The summed E-state index contributed by atoms with van der Waals surface area (Å²) in [6, 6.07) is 14.7. The summed E-state index contributed by atoms with van der Waals surface area (Å²) >= 11 is 3.28. The lowest BCUT2D eigenvalue weighted by Crippen LogP contribution is -2.26. The second-order valence-electron chi connectivity index (χ2n) is 20.1. The van der Waals surface area contributed by atoms with E-state index in [-0.39, 0.29) is 84.3 Å². The second kappa shape index (κ2) is 23.1. The van der Waals surface area contributed by atoms with Crippen LogP contribution in [0.5, 0.6) is 11.5 Å². The predicted octanol–water partition coefficient (Wildman–Crippen LogP) is 13.1. The number of anilines is 6. The van der Waals surface area contributed by atoms with Crippen LogP contribution in [0.3, 0.4) is 0 Å². The molecule has 3 aromatic heterocycles. The van der Waals surface area contributed by atoms with Crippen molar-refractivity contribution in [3.63, 3.8) is 0 Å². The van der Waals surface area contributed by atoms with Crippen LogP contribution in [0.15, 0.2) is 90.0 Å². The summed E-state index contributed by atoms with van der Waals surface area (Å²) in [5.41, 5.74) is 3.48. The van der Waals surface area contributed by atoms with E-state index in [1.807, 2.05) is 58.6 Å². The van der Waals surface area contributed by atoms with Crippen LogP contribution in [0.25, 0.3) is 0 Å². The molecule has 3 aromatic carbocycles.